The van der Waals surface area contributed by atoms with Crippen LogP contribution in [-0.2, 0) is 16.1 Å². The quantitative estimate of drug-likeness (QED) is 0.833. The van der Waals surface area contributed by atoms with Crippen molar-refractivity contribution >= 4 is 17.6 Å². The van der Waals surface area contributed by atoms with E-state index in [2.05, 4.69) is 9.97 Å². The molecule has 108 valence electrons. The van der Waals surface area contributed by atoms with E-state index in [9.17, 15) is 9.59 Å². The number of nitrogen functional groups attached to an aromatic ring is 1. The Bertz CT molecular complexity index is 511. The lowest BCUT2D eigenvalue weighted by molar-refractivity contribution is -0.150. The number of aryl methyl sites for hydroxylation is 1. The Balaban J connectivity index is 2.07. The third-order valence-electron chi connectivity index (χ3n) is 3.10. The van der Waals surface area contributed by atoms with Gasteiger partial charge in [-0.1, -0.05) is 6.92 Å². The van der Waals surface area contributed by atoms with E-state index in [0.717, 1.165) is 12.1 Å². The predicted molar refractivity (Wildman–Crippen MR) is 73.5 cm³/mol. The monoisotopic (exact) mass is 277 g/mol. The second-order valence-corrected chi connectivity index (χ2v) is 4.92. The number of carbonyl (C=O) groups excluding carboxylic acids is 2. The van der Waals surface area contributed by atoms with Crippen LogP contribution in [0.4, 0.5) is 5.82 Å². The first kappa shape index (κ1) is 14.2. The molecule has 2 heterocycles. The molecule has 0 bridgehead atoms. The molecule has 7 nitrogen and oxygen atoms in total. The summed E-state index contributed by atoms with van der Waals surface area (Å²) in [4.78, 5) is 35.4. The van der Waals surface area contributed by atoms with Gasteiger partial charge >= 0.3 is 0 Å². The number of aromatic nitrogens is 2. The van der Waals surface area contributed by atoms with Gasteiger partial charge in [-0.3, -0.25) is 9.59 Å². The van der Waals surface area contributed by atoms with Crippen molar-refractivity contribution in [1.82, 2.24) is 19.8 Å². The minimum atomic E-state index is -0.0817. The molecule has 0 aromatic carbocycles. The van der Waals surface area contributed by atoms with Crippen LogP contribution in [0.15, 0.2) is 6.07 Å². The van der Waals surface area contributed by atoms with Gasteiger partial charge < -0.3 is 15.5 Å². The van der Waals surface area contributed by atoms with Gasteiger partial charge in [-0.2, -0.15) is 0 Å². The van der Waals surface area contributed by atoms with Crippen molar-refractivity contribution in [2.45, 2.75) is 26.8 Å². The third-order valence-corrected chi connectivity index (χ3v) is 3.10. The third kappa shape index (κ3) is 3.23. The van der Waals surface area contributed by atoms with E-state index in [0.29, 0.717) is 18.2 Å². The fourth-order valence-electron chi connectivity index (χ4n) is 2.22. The number of piperazine rings is 1. The summed E-state index contributed by atoms with van der Waals surface area (Å²) in [6.07, 6.45) is 0.844. The largest absolute Gasteiger partial charge is 0.384 e. The van der Waals surface area contributed by atoms with Crippen LogP contribution in [0.5, 0.6) is 0 Å². The minimum absolute atomic E-state index is 0.0351. The Kier molecular flexibility index (Phi) is 4.16. The molecule has 2 amide bonds. The van der Waals surface area contributed by atoms with Gasteiger partial charge in [-0.05, 0) is 13.3 Å². The van der Waals surface area contributed by atoms with Crippen molar-refractivity contribution in [2.24, 2.45) is 0 Å². The van der Waals surface area contributed by atoms with Gasteiger partial charge in [0.15, 0.2) is 0 Å². The van der Waals surface area contributed by atoms with E-state index < -0.39 is 0 Å². The Morgan fingerprint density at radius 3 is 2.50 bits per heavy atom. The molecule has 0 saturated carbocycles. The van der Waals surface area contributed by atoms with E-state index in [1.807, 2.05) is 13.8 Å². The molecular weight excluding hydrogens is 258 g/mol. The molecule has 1 fully saturated rings. The summed E-state index contributed by atoms with van der Waals surface area (Å²) >= 11 is 0. The van der Waals surface area contributed by atoms with E-state index in [4.69, 9.17) is 5.73 Å². The molecule has 1 saturated heterocycles. The topological polar surface area (TPSA) is 92.4 Å². The van der Waals surface area contributed by atoms with Gasteiger partial charge in [0.05, 0.1) is 13.1 Å². The van der Waals surface area contributed by atoms with Gasteiger partial charge in [0.2, 0.25) is 11.8 Å². The van der Waals surface area contributed by atoms with Gasteiger partial charge in [-0.25, -0.2) is 9.97 Å². The maximum Gasteiger partial charge on any atom is 0.243 e. The molecular formula is C13H19N5O2. The summed E-state index contributed by atoms with van der Waals surface area (Å²) in [6, 6.07) is 1.66. The highest BCUT2D eigenvalue weighted by molar-refractivity contribution is 5.92. The molecule has 1 aromatic heterocycles. The first-order valence-corrected chi connectivity index (χ1v) is 6.65. The smallest absolute Gasteiger partial charge is 0.243 e. The number of hydrogen-bond donors (Lipinski definition) is 1. The summed E-state index contributed by atoms with van der Waals surface area (Å²) in [7, 11) is 0. The summed E-state index contributed by atoms with van der Waals surface area (Å²) in [5.74, 6) is 0.720. The van der Waals surface area contributed by atoms with Crippen LogP contribution >= 0.6 is 0 Å². The average Bonchev–Trinajstić information content (AvgIpc) is 2.34. The zero-order chi connectivity index (χ0) is 14.7. The van der Waals surface area contributed by atoms with E-state index in [1.54, 1.807) is 11.0 Å². The van der Waals surface area contributed by atoms with Crippen LogP contribution in [0.25, 0.3) is 0 Å². The molecule has 1 aromatic rings. The molecule has 0 atom stereocenters. The SMILES string of the molecule is CCCN1CC(=O)N(Cc2nc(C)cc(N)n2)CC1=O. The van der Waals surface area contributed by atoms with Crippen LogP contribution < -0.4 is 5.73 Å². The molecule has 2 N–H and O–H groups in total. The average molecular weight is 277 g/mol. The van der Waals surface area contributed by atoms with Crippen LogP contribution in [0.3, 0.4) is 0 Å². The molecule has 20 heavy (non-hydrogen) atoms. The first-order valence-electron chi connectivity index (χ1n) is 6.65. The maximum absolute atomic E-state index is 12.0. The zero-order valence-corrected chi connectivity index (χ0v) is 11.8. The molecule has 0 spiro atoms. The van der Waals surface area contributed by atoms with Gasteiger partial charge in [-0.15, -0.1) is 0 Å². The van der Waals surface area contributed by atoms with Gasteiger partial charge in [0.25, 0.3) is 0 Å². The fourth-order valence-corrected chi connectivity index (χ4v) is 2.22. The number of nitrogens with two attached hydrogens (primary N) is 1. The number of rotatable bonds is 4. The lowest BCUT2D eigenvalue weighted by Gasteiger charge is -2.33. The minimum Gasteiger partial charge on any atom is -0.384 e. The second-order valence-electron chi connectivity index (χ2n) is 4.92. The summed E-state index contributed by atoms with van der Waals surface area (Å²) < 4.78 is 0. The van der Waals surface area contributed by atoms with E-state index in [1.165, 1.54) is 4.90 Å². The highest BCUT2D eigenvalue weighted by Crippen LogP contribution is 2.10. The summed E-state index contributed by atoms with van der Waals surface area (Å²) in [5.41, 5.74) is 6.40. The normalized spacial score (nSPS) is 15.9. The molecule has 0 unspecified atom stereocenters. The fraction of sp³-hybridized carbons (Fsp3) is 0.538. The predicted octanol–water partition coefficient (Wildman–Crippen LogP) is -0.0520. The maximum atomic E-state index is 12.0. The van der Waals surface area contributed by atoms with E-state index >= 15 is 0 Å². The molecule has 1 aliphatic rings. The molecule has 1 aliphatic heterocycles. The number of nitrogens with zero attached hydrogens (tertiary/aromatic N) is 4. The van der Waals surface area contributed by atoms with Crippen LogP contribution in [0, 0.1) is 6.92 Å². The standard InChI is InChI=1S/C13H19N5O2/c1-3-4-17-7-13(20)18(8-12(17)19)6-11-15-9(2)5-10(14)16-11/h5H,3-4,6-8H2,1-2H3,(H2,14,15,16). The number of hydrogen-bond acceptors (Lipinski definition) is 5. The highest BCUT2D eigenvalue weighted by atomic mass is 16.2. The lowest BCUT2D eigenvalue weighted by Crippen LogP contribution is -2.53. The number of amides is 2. The Labute approximate surface area is 117 Å². The number of carbonyl (C=O) groups is 2. The molecule has 7 heteroatoms. The zero-order valence-electron chi connectivity index (χ0n) is 11.8. The van der Waals surface area contributed by atoms with Crippen molar-refractivity contribution in [1.29, 1.82) is 0 Å². The molecule has 0 radical (unpaired) electrons. The Morgan fingerprint density at radius 1 is 1.20 bits per heavy atom. The van der Waals surface area contributed by atoms with Crippen molar-refractivity contribution in [3.8, 4) is 0 Å². The van der Waals surface area contributed by atoms with Crippen LogP contribution in [0.1, 0.15) is 24.9 Å². The van der Waals surface area contributed by atoms with Crippen molar-refractivity contribution in [2.75, 3.05) is 25.4 Å². The van der Waals surface area contributed by atoms with Crippen LogP contribution in [0.2, 0.25) is 0 Å². The lowest BCUT2D eigenvalue weighted by atomic mass is 10.2. The Morgan fingerprint density at radius 2 is 1.85 bits per heavy atom. The van der Waals surface area contributed by atoms with Crippen molar-refractivity contribution in [3.63, 3.8) is 0 Å². The Hall–Kier alpha value is -2.18. The first-order chi connectivity index (χ1) is 9.49. The van der Waals surface area contributed by atoms with Crippen LogP contribution in [-0.4, -0.2) is 51.2 Å². The van der Waals surface area contributed by atoms with E-state index in [-0.39, 0.29) is 31.4 Å². The van der Waals surface area contributed by atoms with Crippen molar-refractivity contribution < 1.29 is 9.59 Å². The summed E-state index contributed by atoms with van der Waals surface area (Å²) in [6.45, 7) is 4.84. The van der Waals surface area contributed by atoms with Gasteiger partial charge in [0.1, 0.15) is 18.2 Å². The number of anilines is 1. The second kappa shape index (κ2) is 5.85. The molecule has 2 rings (SSSR count). The molecule has 0 aliphatic carbocycles. The van der Waals surface area contributed by atoms with Crippen molar-refractivity contribution in [3.05, 3.63) is 17.6 Å². The highest BCUT2D eigenvalue weighted by Gasteiger charge is 2.29. The van der Waals surface area contributed by atoms with Gasteiger partial charge in [0, 0.05) is 18.3 Å². The summed E-state index contributed by atoms with van der Waals surface area (Å²) in [5, 5.41) is 0.